The Morgan fingerprint density at radius 1 is 1.32 bits per heavy atom. The maximum absolute atomic E-state index is 12.7. The third-order valence-electron chi connectivity index (χ3n) is 4.91. The number of carboxylic acid groups (broad SMARTS) is 1. The van der Waals surface area contributed by atoms with E-state index in [1.54, 1.807) is 23.0 Å². The van der Waals surface area contributed by atoms with Gasteiger partial charge in [0.15, 0.2) is 5.65 Å². The fourth-order valence-electron chi connectivity index (χ4n) is 3.62. The number of hydrogen-bond acceptors (Lipinski definition) is 4. The molecule has 0 radical (unpaired) electrons. The predicted molar refractivity (Wildman–Crippen MR) is 92.3 cm³/mol. The van der Waals surface area contributed by atoms with Crippen molar-refractivity contribution in [3.05, 3.63) is 30.2 Å². The molecule has 1 aliphatic carbocycles. The van der Waals surface area contributed by atoms with Crippen LogP contribution < -0.4 is 5.32 Å². The summed E-state index contributed by atoms with van der Waals surface area (Å²) >= 11 is 0. The van der Waals surface area contributed by atoms with Crippen molar-refractivity contribution >= 4 is 17.5 Å². The lowest BCUT2D eigenvalue weighted by Gasteiger charge is -2.27. The Morgan fingerprint density at radius 2 is 2.12 bits per heavy atom. The summed E-state index contributed by atoms with van der Waals surface area (Å²) in [7, 11) is 0. The van der Waals surface area contributed by atoms with E-state index in [2.05, 4.69) is 15.4 Å². The molecule has 3 rings (SSSR count). The molecule has 1 amide bonds. The minimum absolute atomic E-state index is 0.0602. The second-order valence-corrected chi connectivity index (χ2v) is 6.79. The monoisotopic (exact) mass is 344 g/mol. The van der Waals surface area contributed by atoms with Crippen LogP contribution in [0.3, 0.4) is 0 Å². The Bertz CT molecular complexity index is 737. The number of aromatic nitrogens is 3. The van der Waals surface area contributed by atoms with Crippen LogP contribution in [0.1, 0.15) is 61.7 Å². The van der Waals surface area contributed by atoms with Crippen molar-refractivity contribution < 1.29 is 14.7 Å². The lowest BCUT2D eigenvalue weighted by atomic mass is 9.84. The van der Waals surface area contributed by atoms with Crippen LogP contribution in [0, 0.1) is 5.92 Å². The van der Waals surface area contributed by atoms with Gasteiger partial charge in [0.1, 0.15) is 5.56 Å². The van der Waals surface area contributed by atoms with Gasteiger partial charge in [-0.25, -0.2) is 9.50 Å². The predicted octanol–water partition coefficient (Wildman–Crippen LogP) is 2.66. The standard InChI is InChI=1S/C18H24N4O3/c23-16(24)8-7-14(11-13-5-2-1-3-6-13)21-18(25)15-12-20-22-10-4-9-19-17(15)22/h4,9-10,12-14H,1-3,5-8,11H2,(H,21,25)(H,23,24). The molecule has 0 saturated heterocycles. The maximum Gasteiger partial charge on any atom is 0.303 e. The Labute approximate surface area is 146 Å². The first kappa shape index (κ1) is 17.4. The van der Waals surface area contributed by atoms with E-state index in [0.29, 0.717) is 23.5 Å². The van der Waals surface area contributed by atoms with Gasteiger partial charge in [0, 0.05) is 24.9 Å². The molecule has 2 aromatic heterocycles. The molecule has 1 aliphatic rings. The first-order valence-corrected chi connectivity index (χ1v) is 8.94. The Balaban J connectivity index is 1.69. The highest BCUT2D eigenvalue weighted by Gasteiger charge is 2.23. The normalized spacial score (nSPS) is 16.6. The highest BCUT2D eigenvalue weighted by atomic mass is 16.4. The van der Waals surface area contributed by atoms with Crippen molar-refractivity contribution in [2.75, 3.05) is 0 Å². The number of rotatable bonds is 7. The summed E-state index contributed by atoms with van der Waals surface area (Å²) in [6.45, 7) is 0. The Kier molecular flexibility index (Phi) is 5.63. The largest absolute Gasteiger partial charge is 0.481 e. The van der Waals surface area contributed by atoms with E-state index in [9.17, 15) is 9.59 Å². The van der Waals surface area contributed by atoms with Crippen molar-refractivity contribution in [2.45, 2.75) is 57.4 Å². The fraction of sp³-hybridized carbons (Fsp3) is 0.556. The van der Waals surface area contributed by atoms with Gasteiger partial charge in [-0.15, -0.1) is 0 Å². The molecule has 0 bridgehead atoms. The van der Waals surface area contributed by atoms with Crippen molar-refractivity contribution in [2.24, 2.45) is 5.92 Å². The molecular weight excluding hydrogens is 320 g/mol. The SMILES string of the molecule is O=C(O)CCC(CC1CCCCC1)NC(=O)c1cnn2cccnc12. The van der Waals surface area contributed by atoms with Gasteiger partial charge < -0.3 is 10.4 Å². The quantitative estimate of drug-likeness (QED) is 0.805. The highest BCUT2D eigenvalue weighted by Crippen LogP contribution is 2.28. The van der Waals surface area contributed by atoms with Crippen LogP contribution in [0.2, 0.25) is 0 Å². The topological polar surface area (TPSA) is 96.6 Å². The van der Waals surface area contributed by atoms with Gasteiger partial charge >= 0.3 is 5.97 Å². The molecule has 1 saturated carbocycles. The maximum atomic E-state index is 12.7. The second-order valence-electron chi connectivity index (χ2n) is 6.79. The van der Waals surface area contributed by atoms with E-state index in [0.717, 1.165) is 19.3 Å². The summed E-state index contributed by atoms with van der Waals surface area (Å²) < 4.78 is 1.56. The molecule has 2 aromatic rings. The van der Waals surface area contributed by atoms with Crippen LogP contribution in [-0.4, -0.2) is 37.6 Å². The summed E-state index contributed by atoms with van der Waals surface area (Å²) in [4.78, 5) is 27.8. The van der Waals surface area contributed by atoms with Gasteiger partial charge in [-0.05, 0) is 24.8 Å². The van der Waals surface area contributed by atoms with Crippen molar-refractivity contribution in [1.29, 1.82) is 0 Å². The third-order valence-corrected chi connectivity index (χ3v) is 4.91. The van der Waals surface area contributed by atoms with Gasteiger partial charge in [-0.1, -0.05) is 32.1 Å². The number of amides is 1. The fourth-order valence-corrected chi connectivity index (χ4v) is 3.62. The smallest absolute Gasteiger partial charge is 0.303 e. The van der Waals surface area contributed by atoms with Crippen molar-refractivity contribution in [1.82, 2.24) is 19.9 Å². The van der Waals surface area contributed by atoms with E-state index in [1.165, 1.54) is 25.5 Å². The van der Waals surface area contributed by atoms with E-state index in [1.807, 2.05) is 0 Å². The van der Waals surface area contributed by atoms with Crippen LogP contribution in [-0.2, 0) is 4.79 Å². The Morgan fingerprint density at radius 3 is 2.88 bits per heavy atom. The van der Waals surface area contributed by atoms with E-state index < -0.39 is 5.97 Å². The molecule has 0 aliphatic heterocycles. The zero-order valence-electron chi connectivity index (χ0n) is 14.2. The Hall–Kier alpha value is -2.44. The van der Waals surface area contributed by atoms with E-state index >= 15 is 0 Å². The van der Waals surface area contributed by atoms with Crippen LogP contribution >= 0.6 is 0 Å². The van der Waals surface area contributed by atoms with Crippen LogP contribution in [0.25, 0.3) is 5.65 Å². The number of hydrogen-bond donors (Lipinski definition) is 2. The average Bonchev–Trinajstić information content (AvgIpc) is 3.04. The highest BCUT2D eigenvalue weighted by molar-refractivity contribution is 5.99. The summed E-state index contributed by atoms with van der Waals surface area (Å²) in [6, 6.07) is 1.62. The lowest BCUT2D eigenvalue weighted by Crippen LogP contribution is -2.37. The molecule has 7 heteroatoms. The summed E-state index contributed by atoms with van der Waals surface area (Å²) in [5, 5.41) is 16.1. The molecule has 1 atom stereocenters. The molecule has 2 heterocycles. The molecular formula is C18H24N4O3. The van der Waals surface area contributed by atoms with Crippen molar-refractivity contribution in [3.63, 3.8) is 0 Å². The number of carboxylic acids is 1. The number of aliphatic carboxylic acids is 1. The molecule has 0 aromatic carbocycles. The van der Waals surface area contributed by atoms with Crippen LogP contribution in [0.15, 0.2) is 24.7 Å². The van der Waals surface area contributed by atoms with Gasteiger partial charge in [-0.2, -0.15) is 5.10 Å². The summed E-state index contributed by atoms with van der Waals surface area (Å²) in [5.41, 5.74) is 0.930. The molecule has 25 heavy (non-hydrogen) atoms. The van der Waals surface area contributed by atoms with Gasteiger partial charge in [0.2, 0.25) is 0 Å². The molecule has 2 N–H and O–H groups in total. The lowest BCUT2D eigenvalue weighted by molar-refractivity contribution is -0.137. The number of carbonyl (C=O) groups is 2. The third kappa shape index (κ3) is 4.55. The number of carbonyl (C=O) groups excluding carboxylic acids is 1. The van der Waals surface area contributed by atoms with E-state index in [4.69, 9.17) is 5.11 Å². The molecule has 1 fully saturated rings. The molecule has 7 nitrogen and oxygen atoms in total. The summed E-state index contributed by atoms with van der Waals surface area (Å²) in [5.74, 6) is -0.504. The zero-order valence-corrected chi connectivity index (χ0v) is 14.2. The first-order valence-electron chi connectivity index (χ1n) is 8.94. The zero-order chi connectivity index (χ0) is 17.6. The number of fused-ring (bicyclic) bond motifs is 1. The minimum Gasteiger partial charge on any atom is -0.481 e. The minimum atomic E-state index is -0.833. The van der Waals surface area contributed by atoms with Gasteiger partial charge in [0.05, 0.1) is 6.20 Å². The van der Waals surface area contributed by atoms with Gasteiger partial charge in [0.25, 0.3) is 5.91 Å². The molecule has 134 valence electrons. The second kappa shape index (κ2) is 8.09. The van der Waals surface area contributed by atoms with Crippen LogP contribution in [0.4, 0.5) is 0 Å². The number of nitrogens with one attached hydrogen (secondary N) is 1. The summed E-state index contributed by atoms with van der Waals surface area (Å²) in [6.07, 6.45) is 12.3. The first-order chi connectivity index (χ1) is 12.1. The molecule has 0 spiro atoms. The van der Waals surface area contributed by atoms with Crippen LogP contribution in [0.5, 0.6) is 0 Å². The molecule has 1 unspecified atom stereocenters. The van der Waals surface area contributed by atoms with Gasteiger partial charge in [-0.3, -0.25) is 9.59 Å². The van der Waals surface area contributed by atoms with Crippen molar-refractivity contribution in [3.8, 4) is 0 Å². The van der Waals surface area contributed by atoms with E-state index in [-0.39, 0.29) is 18.4 Å². The average molecular weight is 344 g/mol. The number of nitrogens with zero attached hydrogens (tertiary/aromatic N) is 3.